The SMILES string of the molecule is CC[C@@H](C)[C@@H](OC(=O)[C@H](Cc1ccc(C)cc1)N(C)C)C(=O)C[C@@H](C(=O)N(C)[C@@H](Cc1ccc(O)cc1)C(=O)N(C)[C@@H](Cc1ccc(C)cc1)C(=O)OC)C(C)C. The Bertz CT molecular complexity index is 1790. The van der Waals surface area contributed by atoms with Crippen molar-refractivity contribution in [2.45, 2.75) is 97.9 Å². The van der Waals surface area contributed by atoms with Crippen LogP contribution in [0.25, 0.3) is 0 Å². The molecule has 0 aliphatic heterocycles. The average Bonchev–Trinajstić information content (AvgIpc) is 3.19. The Kier molecular flexibility index (Phi) is 17.5. The van der Waals surface area contributed by atoms with E-state index in [1.165, 1.54) is 43.1 Å². The number of ether oxygens (including phenoxy) is 2. The molecule has 57 heavy (non-hydrogen) atoms. The number of carbonyl (C=O) groups is 5. The largest absolute Gasteiger partial charge is 0.508 e. The zero-order valence-corrected chi connectivity index (χ0v) is 35.7. The third kappa shape index (κ3) is 13.0. The van der Waals surface area contributed by atoms with Crippen molar-refractivity contribution in [3.05, 3.63) is 101 Å². The number of hydrogen-bond donors (Lipinski definition) is 1. The van der Waals surface area contributed by atoms with E-state index < -0.39 is 53.9 Å². The lowest BCUT2D eigenvalue weighted by Crippen LogP contribution is -2.55. The molecule has 310 valence electrons. The maximum Gasteiger partial charge on any atom is 0.328 e. The molecule has 0 fully saturated rings. The molecule has 1 N–H and O–H groups in total. The van der Waals surface area contributed by atoms with Gasteiger partial charge in [0.1, 0.15) is 23.9 Å². The molecule has 6 atom stereocenters. The van der Waals surface area contributed by atoms with Crippen LogP contribution in [0.5, 0.6) is 5.75 Å². The summed E-state index contributed by atoms with van der Waals surface area (Å²) in [5.74, 6) is -3.85. The number of ketones is 1. The summed E-state index contributed by atoms with van der Waals surface area (Å²) in [6.07, 6.45) is -0.0562. The van der Waals surface area contributed by atoms with Crippen LogP contribution in [0.1, 0.15) is 68.4 Å². The number of amides is 2. The number of aryl methyl sites for hydroxylation is 2. The summed E-state index contributed by atoms with van der Waals surface area (Å²) in [5, 5.41) is 9.95. The van der Waals surface area contributed by atoms with Crippen LogP contribution in [0.4, 0.5) is 0 Å². The molecule has 3 aromatic carbocycles. The molecule has 0 saturated carbocycles. The molecule has 2 amide bonds. The molecule has 3 aromatic rings. The van der Waals surface area contributed by atoms with Gasteiger partial charge in [-0.25, -0.2) is 4.79 Å². The van der Waals surface area contributed by atoms with E-state index in [1.807, 2.05) is 90.1 Å². The van der Waals surface area contributed by atoms with E-state index in [2.05, 4.69) is 0 Å². The average molecular weight is 786 g/mol. The summed E-state index contributed by atoms with van der Waals surface area (Å²) in [4.78, 5) is 74.7. The van der Waals surface area contributed by atoms with Crippen LogP contribution in [-0.2, 0) is 52.7 Å². The van der Waals surface area contributed by atoms with E-state index in [9.17, 15) is 29.1 Å². The lowest BCUT2D eigenvalue weighted by Gasteiger charge is -2.36. The summed E-state index contributed by atoms with van der Waals surface area (Å²) in [6, 6.07) is 19.2. The van der Waals surface area contributed by atoms with Crippen LogP contribution in [0.2, 0.25) is 0 Å². The van der Waals surface area contributed by atoms with E-state index in [-0.39, 0.29) is 42.6 Å². The molecule has 0 bridgehead atoms. The maximum atomic E-state index is 14.6. The number of aromatic hydroxyl groups is 1. The second-order valence-corrected chi connectivity index (χ2v) is 15.9. The van der Waals surface area contributed by atoms with E-state index >= 15 is 0 Å². The fourth-order valence-corrected chi connectivity index (χ4v) is 6.79. The summed E-state index contributed by atoms with van der Waals surface area (Å²) >= 11 is 0. The molecule has 0 aliphatic carbocycles. The van der Waals surface area contributed by atoms with Gasteiger partial charge in [0, 0.05) is 45.2 Å². The molecule has 0 unspecified atom stereocenters. The predicted molar refractivity (Wildman–Crippen MR) is 221 cm³/mol. The third-order valence-corrected chi connectivity index (χ3v) is 11.0. The zero-order chi connectivity index (χ0) is 42.6. The van der Waals surface area contributed by atoms with Crippen molar-refractivity contribution in [1.82, 2.24) is 14.7 Å². The number of benzene rings is 3. The second-order valence-electron chi connectivity index (χ2n) is 15.9. The Morgan fingerprint density at radius 3 is 1.51 bits per heavy atom. The number of carbonyl (C=O) groups excluding carboxylic acids is 5. The number of esters is 2. The van der Waals surface area contributed by atoms with Crippen LogP contribution in [0.15, 0.2) is 72.8 Å². The third-order valence-electron chi connectivity index (χ3n) is 11.0. The molecule has 0 spiro atoms. The summed E-state index contributed by atoms with van der Waals surface area (Å²) < 4.78 is 11.2. The smallest absolute Gasteiger partial charge is 0.328 e. The van der Waals surface area contributed by atoms with Crippen LogP contribution in [0, 0.1) is 31.6 Å². The summed E-state index contributed by atoms with van der Waals surface area (Å²) in [7, 11) is 7.92. The highest BCUT2D eigenvalue weighted by molar-refractivity contribution is 5.94. The van der Waals surface area contributed by atoms with E-state index in [0.717, 1.165) is 22.3 Å². The topological polar surface area (TPSA) is 134 Å². The number of phenols is 1. The van der Waals surface area contributed by atoms with Gasteiger partial charge in [0.15, 0.2) is 11.9 Å². The van der Waals surface area contributed by atoms with E-state index in [1.54, 1.807) is 31.1 Å². The van der Waals surface area contributed by atoms with Crippen LogP contribution >= 0.6 is 0 Å². The van der Waals surface area contributed by atoms with Gasteiger partial charge in [-0.3, -0.25) is 24.1 Å². The van der Waals surface area contributed by atoms with Gasteiger partial charge >= 0.3 is 11.9 Å². The Hall–Kier alpha value is -5.03. The van der Waals surface area contributed by atoms with Crippen LogP contribution in [-0.4, -0.2) is 109 Å². The lowest BCUT2D eigenvalue weighted by atomic mass is 9.85. The fourth-order valence-electron chi connectivity index (χ4n) is 6.79. The standard InChI is InChI=1S/C46H63N3O8/c1-12-32(6)42(57-46(55)39(47(7)8)26-33-17-13-30(4)14-18-33)41(51)28-37(29(2)3)43(52)48(9)38(25-35-21-23-36(50)24-22-35)44(53)49(10)40(45(54)56-11)27-34-19-15-31(5)16-20-34/h13-24,29,32,37-40,42,50H,12,25-28H2,1-11H3/t32-,37-,38+,39+,40+,42-/m1/s1. The molecule has 0 aliphatic rings. The minimum Gasteiger partial charge on any atom is -0.508 e. The highest BCUT2D eigenvalue weighted by Gasteiger charge is 2.40. The van der Waals surface area contributed by atoms with Gasteiger partial charge in [-0.05, 0) is 75.5 Å². The number of nitrogens with zero attached hydrogens (tertiary/aromatic N) is 3. The van der Waals surface area contributed by atoms with Gasteiger partial charge in [0.2, 0.25) is 11.8 Å². The number of likely N-dealkylation sites (N-methyl/N-ethyl adjacent to an activating group) is 3. The van der Waals surface area contributed by atoms with Crippen molar-refractivity contribution in [3.8, 4) is 5.75 Å². The molecule has 3 rings (SSSR count). The van der Waals surface area contributed by atoms with Gasteiger partial charge in [0.05, 0.1) is 7.11 Å². The predicted octanol–water partition coefficient (Wildman–Crippen LogP) is 5.98. The Balaban J connectivity index is 1.93. The van der Waals surface area contributed by atoms with Crippen molar-refractivity contribution in [2.24, 2.45) is 17.8 Å². The highest BCUT2D eigenvalue weighted by atomic mass is 16.5. The summed E-state index contributed by atoms with van der Waals surface area (Å²) in [5.41, 5.74) is 4.63. The van der Waals surface area contributed by atoms with Crippen molar-refractivity contribution >= 4 is 29.5 Å². The Morgan fingerprint density at radius 2 is 1.07 bits per heavy atom. The number of hydrogen-bond acceptors (Lipinski definition) is 9. The highest BCUT2D eigenvalue weighted by Crippen LogP contribution is 2.26. The van der Waals surface area contributed by atoms with Crippen molar-refractivity contribution in [3.63, 3.8) is 0 Å². The van der Waals surface area contributed by atoms with Gasteiger partial charge in [0.25, 0.3) is 0 Å². The molecule has 0 radical (unpaired) electrons. The normalized spacial score (nSPS) is 14.5. The first-order chi connectivity index (χ1) is 26.9. The van der Waals surface area contributed by atoms with E-state index in [0.29, 0.717) is 18.4 Å². The number of rotatable bonds is 20. The molecular formula is C46H63N3O8. The first kappa shape index (κ1) is 46.4. The molecule has 11 nitrogen and oxygen atoms in total. The fraction of sp³-hybridized carbons (Fsp3) is 0.500. The molecule has 0 saturated heterocycles. The van der Waals surface area contributed by atoms with Crippen LogP contribution in [0.3, 0.4) is 0 Å². The first-order valence-corrected chi connectivity index (χ1v) is 19.8. The Labute approximate surface area is 339 Å². The Morgan fingerprint density at radius 1 is 0.632 bits per heavy atom. The minimum absolute atomic E-state index is 0.0500. The van der Waals surface area contributed by atoms with E-state index in [4.69, 9.17) is 9.47 Å². The number of methoxy groups -OCH3 is 1. The molecule has 11 heteroatoms. The van der Waals surface area contributed by atoms with Gasteiger partial charge in [-0.15, -0.1) is 0 Å². The minimum atomic E-state index is -1.08. The van der Waals surface area contributed by atoms with Gasteiger partial charge in [-0.1, -0.05) is 99.5 Å². The zero-order valence-electron chi connectivity index (χ0n) is 35.7. The maximum absolute atomic E-state index is 14.6. The van der Waals surface area contributed by atoms with Crippen molar-refractivity contribution < 1.29 is 38.6 Å². The monoisotopic (exact) mass is 785 g/mol. The van der Waals surface area contributed by atoms with Crippen molar-refractivity contribution in [1.29, 1.82) is 0 Å². The number of Topliss-reactive ketones (excluding diaryl/α,β-unsaturated/α-hetero) is 1. The number of phenolic OH excluding ortho intramolecular Hbond substituents is 1. The summed E-state index contributed by atoms with van der Waals surface area (Å²) in [6.45, 7) is 11.4. The molecule has 0 heterocycles. The van der Waals surface area contributed by atoms with Gasteiger partial charge < -0.3 is 24.4 Å². The van der Waals surface area contributed by atoms with Crippen LogP contribution < -0.4 is 0 Å². The molecule has 0 aromatic heterocycles. The lowest BCUT2D eigenvalue weighted by molar-refractivity contribution is -0.163. The molecular weight excluding hydrogens is 723 g/mol. The first-order valence-electron chi connectivity index (χ1n) is 19.8. The second kappa shape index (κ2) is 21.5. The van der Waals surface area contributed by atoms with Gasteiger partial charge in [-0.2, -0.15) is 0 Å². The quantitative estimate of drug-likeness (QED) is 0.137. The van der Waals surface area contributed by atoms with Crippen molar-refractivity contribution in [2.75, 3.05) is 35.3 Å².